The molecule has 0 saturated carbocycles. The fraction of sp³-hybridized carbons (Fsp3) is 0.500. The number of hydrogen-bond donors (Lipinski definition) is 3. The van der Waals surface area contributed by atoms with Crippen LogP contribution in [0.15, 0.2) is 18.2 Å². The summed E-state index contributed by atoms with van der Waals surface area (Å²) in [6, 6.07) is 5.25. The van der Waals surface area contributed by atoms with E-state index in [4.69, 9.17) is 5.73 Å². The molecule has 0 fully saturated rings. The molecular weight excluding hydrogens is 228 g/mol. The van der Waals surface area contributed by atoms with Crippen molar-refractivity contribution in [2.45, 2.75) is 33.3 Å². The molecule has 0 radical (unpaired) electrons. The van der Waals surface area contributed by atoms with Crippen LogP contribution in [0.1, 0.15) is 36.2 Å². The van der Waals surface area contributed by atoms with E-state index < -0.39 is 6.10 Å². The van der Waals surface area contributed by atoms with Gasteiger partial charge in [0, 0.05) is 17.8 Å². The van der Waals surface area contributed by atoms with Crippen LogP contribution in [0, 0.1) is 12.8 Å². The molecule has 18 heavy (non-hydrogen) atoms. The number of nitrogens with two attached hydrogens (primary N) is 1. The monoisotopic (exact) mass is 250 g/mol. The summed E-state index contributed by atoms with van der Waals surface area (Å²) in [6.45, 7) is 6.15. The Labute approximate surface area is 108 Å². The molecule has 4 nitrogen and oxygen atoms in total. The molecule has 0 aromatic heterocycles. The summed E-state index contributed by atoms with van der Waals surface area (Å²) in [5, 5.41) is 12.4. The van der Waals surface area contributed by atoms with Crippen LogP contribution in [-0.2, 0) is 0 Å². The van der Waals surface area contributed by atoms with Gasteiger partial charge in [-0.1, -0.05) is 19.9 Å². The second-order valence-corrected chi connectivity index (χ2v) is 5.01. The predicted molar refractivity (Wildman–Crippen MR) is 73.4 cm³/mol. The van der Waals surface area contributed by atoms with Crippen molar-refractivity contribution in [2.75, 3.05) is 12.3 Å². The maximum absolute atomic E-state index is 11.9. The van der Waals surface area contributed by atoms with Crippen LogP contribution in [0.4, 0.5) is 5.69 Å². The third-order valence-electron chi connectivity index (χ3n) is 2.86. The number of aliphatic hydroxyl groups is 1. The Morgan fingerprint density at radius 3 is 2.72 bits per heavy atom. The minimum Gasteiger partial charge on any atom is -0.398 e. The Hall–Kier alpha value is -1.55. The van der Waals surface area contributed by atoms with Gasteiger partial charge in [0.15, 0.2) is 0 Å². The van der Waals surface area contributed by atoms with Gasteiger partial charge in [-0.2, -0.15) is 0 Å². The average molecular weight is 250 g/mol. The van der Waals surface area contributed by atoms with Crippen molar-refractivity contribution in [1.82, 2.24) is 5.32 Å². The van der Waals surface area contributed by atoms with E-state index in [1.165, 1.54) is 0 Å². The molecule has 1 atom stereocenters. The Morgan fingerprint density at radius 2 is 2.11 bits per heavy atom. The molecule has 1 aromatic carbocycles. The van der Waals surface area contributed by atoms with Gasteiger partial charge >= 0.3 is 0 Å². The van der Waals surface area contributed by atoms with Crippen molar-refractivity contribution in [3.05, 3.63) is 29.3 Å². The van der Waals surface area contributed by atoms with Crippen LogP contribution < -0.4 is 11.1 Å². The van der Waals surface area contributed by atoms with Crippen molar-refractivity contribution >= 4 is 11.6 Å². The van der Waals surface area contributed by atoms with Crippen molar-refractivity contribution in [1.29, 1.82) is 0 Å². The molecule has 0 aliphatic rings. The van der Waals surface area contributed by atoms with Gasteiger partial charge in [-0.3, -0.25) is 4.79 Å². The Kier molecular flexibility index (Phi) is 5.16. The molecule has 1 amide bonds. The second-order valence-electron chi connectivity index (χ2n) is 5.01. The smallest absolute Gasteiger partial charge is 0.251 e. The van der Waals surface area contributed by atoms with E-state index in [1.54, 1.807) is 18.2 Å². The summed E-state index contributed by atoms with van der Waals surface area (Å²) < 4.78 is 0. The van der Waals surface area contributed by atoms with Gasteiger partial charge in [0.05, 0.1) is 6.10 Å². The van der Waals surface area contributed by atoms with Crippen molar-refractivity contribution < 1.29 is 9.90 Å². The molecule has 100 valence electrons. The standard InChI is InChI=1S/C14H22N2O2/c1-9(2)7-11(17)8-16-14(18)12-5-4-6-13(15)10(12)3/h4-6,9,11,17H,7-8,15H2,1-3H3,(H,16,18). The predicted octanol–water partition coefficient (Wildman–Crippen LogP) is 1.71. The molecule has 0 aliphatic heterocycles. The molecule has 1 unspecified atom stereocenters. The number of hydrogen-bond acceptors (Lipinski definition) is 3. The topological polar surface area (TPSA) is 75.4 Å². The first-order valence-corrected chi connectivity index (χ1v) is 6.23. The normalized spacial score (nSPS) is 12.5. The molecule has 0 spiro atoms. The van der Waals surface area contributed by atoms with E-state index in [1.807, 2.05) is 20.8 Å². The number of aliphatic hydroxyl groups excluding tert-OH is 1. The van der Waals surface area contributed by atoms with Crippen LogP contribution in [-0.4, -0.2) is 23.7 Å². The number of benzene rings is 1. The van der Waals surface area contributed by atoms with Gasteiger partial charge in [-0.05, 0) is 37.0 Å². The van der Waals surface area contributed by atoms with Crippen molar-refractivity contribution in [3.8, 4) is 0 Å². The number of nitrogens with one attached hydrogen (secondary N) is 1. The van der Waals surface area contributed by atoms with Crippen LogP contribution in [0.2, 0.25) is 0 Å². The van der Waals surface area contributed by atoms with Crippen LogP contribution in [0.25, 0.3) is 0 Å². The molecule has 4 N–H and O–H groups in total. The lowest BCUT2D eigenvalue weighted by Gasteiger charge is -2.14. The molecule has 1 aromatic rings. The second kappa shape index (κ2) is 6.40. The molecule has 0 aliphatic carbocycles. The number of amides is 1. The lowest BCUT2D eigenvalue weighted by Crippen LogP contribution is -2.33. The summed E-state index contributed by atoms with van der Waals surface area (Å²) in [5.41, 5.74) is 7.69. The fourth-order valence-electron chi connectivity index (χ4n) is 1.83. The summed E-state index contributed by atoms with van der Waals surface area (Å²) >= 11 is 0. The maximum Gasteiger partial charge on any atom is 0.251 e. The molecule has 0 saturated heterocycles. The van der Waals surface area contributed by atoms with Crippen molar-refractivity contribution in [3.63, 3.8) is 0 Å². The zero-order valence-corrected chi connectivity index (χ0v) is 11.2. The van der Waals surface area contributed by atoms with Crippen molar-refractivity contribution in [2.24, 2.45) is 5.92 Å². The number of rotatable bonds is 5. The first kappa shape index (κ1) is 14.5. The lowest BCUT2D eigenvalue weighted by atomic mass is 10.0. The highest BCUT2D eigenvalue weighted by molar-refractivity contribution is 5.96. The van der Waals surface area contributed by atoms with E-state index in [-0.39, 0.29) is 12.5 Å². The number of nitrogen functional groups attached to an aromatic ring is 1. The van der Waals surface area contributed by atoms with Crippen LogP contribution in [0.3, 0.4) is 0 Å². The molecule has 4 heteroatoms. The number of anilines is 1. The van der Waals surface area contributed by atoms with Gasteiger partial charge in [-0.15, -0.1) is 0 Å². The quantitative estimate of drug-likeness (QED) is 0.696. The molecule has 0 bridgehead atoms. The third-order valence-corrected chi connectivity index (χ3v) is 2.86. The molecule has 0 heterocycles. The summed E-state index contributed by atoms with van der Waals surface area (Å²) in [6.07, 6.45) is 0.172. The largest absolute Gasteiger partial charge is 0.398 e. The van der Waals surface area contributed by atoms with Gasteiger partial charge in [0.2, 0.25) is 0 Å². The van der Waals surface area contributed by atoms with E-state index in [2.05, 4.69) is 5.32 Å². The highest BCUT2D eigenvalue weighted by Gasteiger charge is 2.12. The summed E-state index contributed by atoms with van der Waals surface area (Å²) in [4.78, 5) is 11.9. The first-order valence-electron chi connectivity index (χ1n) is 6.23. The van der Waals surface area contributed by atoms with Gasteiger partial charge in [0.25, 0.3) is 5.91 Å². The van der Waals surface area contributed by atoms with Gasteiger partial charge in [0.1, 0.15) is 0 Å². The Balaban J connectivity index is 2.58. The van der Waals surface area contributed by atoms with E-state index in [0.717, 1.165) is 5.56 Å². The number of carbonyl (C=O) groups excluding carboxylic acids is 1. The maximum atomic E-state index is 11.9. The highest BCUT2D eigenvalue weighted by Crippen LogP contribution is 2.15. The van der Waals surface area contributed by atoms with E-state index in [0.29, 0.717) is 23.6 Å². The minimum absolute atomic E-state index is 0.192. The third kappa shape index (κ3) is 4.04. The van der Waals surface area contributed by atoms with Crippen LogP contribution >= 0.6 is 0 Å². The van der Waals surface area contributed by atoms with Crippen LogP contribution in [0.5, 0.6) is 0 Å². The molecular formula is C14H22N2O2. The van der Waals surface area contributed by atoms with E-state index >= 15 is 0 Å². The van der Waals surface area contributed by atoms with Gasteiger partial charge in [-0.25, -0.2) is 0 Å². The Bertz CT molecular complexity index is 416. The zero-order chi connectivity index (χ0) is 13.7. The summed E-state index contributed by atoms with van der Waals surface area (Å²) in [7, 11) is 0. The fourth-order valence-corrected chi connectivity index (χ4v) is 1.83. The van der Waals surface area contributed by atoms with E-state index in [9.17, 15) is 9.90 Å². The minimum atomic E-state index is -0.504. The summed E-state index contributed by atoms with van der Waals surface area (Å²) in [5.74, 6) is 0.216. The average Bonchev–Trinajstić information content (AvgIpc) is 2.29. The molecule has 1 rings (SSSR count). The first-order chi connectivity index (χ1) is 8.41. The lowest BCUT2D eigenvalue weighted by molar-refractivity contribution is 0.0899. The SMILES string of the molecule is Cc1c(N)cccc1C(=O)NCC(O)CC(C)C. The Morgan fingerprint density at radius 1 is 1.44 bits per heavy atom. The zero-order valence-electron chi connectivity index (χ0n) is 11.2. The number of carbonyl (C=O) groups is 1. The highest BCUT2D eigenvalue weighted by atomic mass is 16.3. The van der Waals surface area contributed by atoms with Gasteiger partial charge < -0.3 is 16.2 Å².